The van der Waals surface area contributed by atoms with E-state index in [4.69, 9.17) is 11.6 Å². The van der Waals surface area contributed by atoms with Gasteiger partial charge < -0.3 is 5.32 Å². The van der Waals surface area contributed by atoms with Crippen LogP contribution in [0, 0.1) is 0 Å². The molecule has 0 fully saturated rings. The molecule has 0 amide bonds. The summed E-state index contributed by atoms with van der Waals surface area (Å²) in [5.41, 5.74) is 2.62. The van der Waals surface area contributed by atoms with Crippen molar-refractivity contribution < 1.29 is 8.42 Å². The lowest BCUT2D eigenvalue weighted by Crippen LogP contribution is -2.06. The van der Waals surface area contributed by atoms with Gasteiger partial charge in [0.25, 0.3) is 0 Å². The second-order valence-electron chi connectivity index (χ2n) is 7.24. The standard InChI is InChI=1S/C23H18ClN5O2S/c1-2-15-8-11-18(12-9-15)32(30,31)23-22-26-21(25-17-6-4-3-5-7-17)19-14-16(24)10-13-20(19)29(22)28-27-23/h3-14H,2H2,1H3,(H,25,26). The molecule has 0 unspecified atom stereocenters. The smallest absolute Gasteiger partial charge is 0.229 e. The highest BCUT2D eigenvalue weighted by molar-refractivity contribution is 7.91. The highest BCUT2D eigenvalue weighted by Gasteiger charge is 2.27. The number of rotatable bonds is 5. The number of aromatic nitrogens is 4. The molecule has 160 valence electrons. The molecule has 0 spiro atoms. The van der Waals surface area contributed by atoms with Crippen molar-refractivity contribution in [1.29, 1.82) is 0 Å². The van der Waals surface area contributed by atoms with Crippen LogP contribution in [-0.2, 0) is 16.3 Å². The third kappa shape index (κ3) is 3.47. The second-order valence-corrected chi connectivity index (χ2v) is 9.55. The van der Waals surface area contributed by atoms with Crippen molar-refractivity contribution in [3.05, 3.63) is 83.4 Å². The molecule has 9 heteroatoms. The lowest BCUT2D eigenvalue weighted by Gasteiger charge is -2.11. The van der Waals surface area contributed by atoms with Crippen LogP contribution in [0.5, 0.6) is 0 Å². The van der Waals surface area contributed by atoms with Crippen molar-refractivity contribution >= 4 is 49.5 Å². The van der Waals surface area contributed by atoms with Gasteiger partial charge in [0.1, 0.15) is 5.82 Å². The molecular formula is C23H18ClN5O2S. The van der Waals surface area contributed by atoms with Gasteiger partial charge in [0, 0.05) is 16.1 Å². The maximum atomic E-state index is 13.4. The Labute approximate surface area is 189 Å². The second kappa shape index (κ2) is 7.89. The Kier molecular flexibility index (Phi) is 5.03. The molecule has 0 atom stereocenters. The number of halogens is 1. The summed E-state index contributed by atoms with van der Waals surface area (Å²) in [6.45, 7) is 2.01. The van der Waals surface area contributed by atoms with Gasteiger partial charge in [-0.05, 0) is 54.4 Å². The van der Waals surface area contributed by atoms with E-state index in [2.05, 4.69) is 20.6 Å². The minimum atomic E-state index is -3.92. The van der Waals surface area contributed by atoms with Crippen LogP contribution in [0.4, 0.5) is 11.5 Å². The molecule has 0 aliphatic rings. The number of anilines is 2. The van der Waals surface area contributed by atoms with Gasteiger partial charge in [-0.15, -0.1) is 5.10 Å². The fraction of sp³-hybridized carbons (Fsp3) is 0.0870. The molecule has 0 radical (unpaired) electrons. The fourth-order valence-corrected chi connectivity index (χ4v) is 4.92. The van der Waals surface area contributed by atoms with E-state index in [1.54, 1.807) is 42.5 Å². The topological polar surface area (TPSA) is 89.2 Å². The first-order valence-corrected chi connectivity index (χ1v) is 11.8. The van der Waals surface area contributed by atoms with E-state index < -0.39 is 9.84 Å². The average Bonchev–Trinajstić information content (AvgIpc) is 3.24. The third-order valence-corrected chi connectivity index (χ3v) is 7.11. The van der Waals surface area contributed by atoms with Crippen molar-refractivity contribution in [2.24, 2.45) is 0 Å². The van der Waals surface area contributed by atoms with E-state index in [-0.39, 0.29) is 15.6 Å². The van der Waals surface area contributed by atoms with Crippen molar-refractivity contribution in [3.8, 4) is 0 Å². The average molecular weight is 464 g/mol. The number of sulfone groups is 1. The zero-order valence-electron chi connectivity index (χ0n) is 17.0. The maximum Gasteiger partial charge on any atom is 0.229 e. The van der Waals surface area contributed by atoms with Crippen LogP contribution in [0.3, 0.4) is 0 Å². The Balaban J connectivity index is 1.73. The van der Waals surface area contributed by atoms with Gasteiger partial charge >= 0.3 is 0 Å². The fourth-order valence-electron chi connectivity index (χ4n) is 3.51. The zero-order valence-corrected chi connectivity index (χ0v) is 18.6. The van der Waals surface area contributed by atoms with E-state index in [1.807, 2.05) is 37.3 Å². The van der Waals surface area contributed by atoms with E-state index in [0.29, 0.717) is 21.7 Å². The Hall–Kier alpha value is -3.49. The number of hydrogen-bond acceptors (Lipinski definition) is 6. The summed E-state index contributed by atoms with van der Waals surface area (Å²) >= 11 is 6.23. The Morgan fingerprint density at radius 1 is 1.00 bits per heavy atom. The first-order chi connectivity index (χ1) is 15.5. The summed E-state index contributed by atoms with van der Waals surface area (Å²) in [5.74, 6) is 0.460. The SMILES string of the molecule is CCc1ccc(S(=O)(=O)c2nnn3c2nc(Nc2ccccc2)c2cc(Cl)ccc23)cc1. The lowest BCUT2D eigenvalue weighted by atomic mass is 10.2. The summed E-state index contributed by atoms with van der Waals surface area (Å²) in [4.78, 5) is 4.76. The molecule has 5 aromatic rings. The number of para-hydroxylation sites is 1. The van der Waals surface area contributed by atoms with Crippen molar-refractivity contribution in [2.75, 3.05) is 5.32 Å². The number of aryl methyl sites for hydroxylation is 1. The molecule has 0 aliphatic carbocycles. The maximum absolute atomic E-state index is 13.4. The number of fused-ring (bicyclic) bond motifs is 3. The molecule has 0 saturated carbocycles. The molecule has 0 saturated heterocycles. The van der Waals surface area contributed by atoms with Gasteiger partial charge in [-0.2, -0.15) is 4.52 Å². The molecule has 32 heavy (non-hydrogen) atoms. The van der Waals surface area contributed by atoms with Crippen LogP contribution >= 0.6 is 11.6 Å². The summed E-state index contributed by atoms with van der Waals surface area (Å²) < 4.78 is 28.2. The molecule has 2 aromatic heterocycles. The highest BCUT2D eigenvalue weighted by Crippen LogP contribution is 2.31. The van der Waals surface area contributed by atoms with Crippen LogP contribution in [-0.4, -0.2) is 28.2 Å². The van der Waals surface area contributed by atoms with E-state index in [9.17, 15) is 8.42 Å². The predicted octanol–water partition coefficient (Wildman–Crippen LogP) is 5.07. The number of nitrogens with one attached hydrogen (secondary N) is 1. The molecule has 3 aromatic carbocycles. The molecule has 7 nitrogen and oxygen atoms in total. The van der Waals surface area contributed by atoms with Gasteiger partial charge in [0.15, 0.2) is 5.65 Å². The van der Waals surface area contributed by atoms with Crippen LogP contribution in [0.2, 0.25) is 5.02 Å². The minimum Gasteiger partial charge on any atom is -0.340 e. The van der Waals surface area contributed by atoms with Crippen molar-refractivity contribution in [3.63, 3.8) is 0 Å². The Morgan fingerprint density at radius 3 is 2.47 bits per heavy atom. The minimum absolute atomic E-state index is 0.137. The largest absolute Gasteiger partial charge is 0.340 e. The Morgan fingerprint density at radius 2 is 1.75 bits per heavy atom. The first kappa shape index (κ1) is 20.4. The van der Waals surface area contributed by atoms with E-state index >= 15 is 0 Å². The van der Waals surface area contributed by atoms with Crippen molar-refractivity contribution in [1.82, 2.24) is 19.8 Å². The summed E-state index contributed by atoms with van der Waals surface area (Å²) in [5, 5.41) is 12.4. The third-order valence-electron chi connectivity index (χ3n) is 5.21. The first-order valence-electron chi connectivity index (χ1n) is 9.98. The normalized spacial score (nSPS) is 11.8. The van der Waals surface area contributed by atoms with Gasteiger partial charge in [0.05, 0.1) is 10.4 Å². The van der Waals surface area contributed by atoms with E-state index in [1.165, 1.54) is 4.52 Å². The molecule has 0 aliphatic heterocycles. The number of nitrogens with zero attached hydrogens (tertiary/aromatic N) is 4. The summed E-state index contributed by atoms with van der Waals surface area (Å²) in [7, 11) is -3.92. The lowest BCUT2D eigenvalue weighted by molar-refractivity contribution is 0.592. The summed E-state index contributed by atoms with van der Waals surface area (Å²) in [6, 6.07) is 21.5. The molecule has 1 N–H and O–H groups in total. The summed E-state index contributed by atoms with van der Waals surface area (Å²) in [6.07, 6.45) is 0.819. The van der Waals surface area contributed by atoms with Crippen LogP contribution < -0.4 is 5.32 Å². The van der Waals surface area contributed by atoms with Gasteiger partial charge in [-0.1, -0.05) is 54.1 Å². The highest BCUT2D eigenvalue weighted by atomic mass is 35.5. The molecule has 5 rings (SSSR count). The molecule has 2 heterocycles. The van der Waals surface area contributed by atoms with Crippen LogP contribution in [0.15, 0.2) is 82.7 Å². The van der Waals surface area contributed by atoms with Gasteiger partial charge in [-0.25, -0.2) is 13.4 Å². The Bertz CT molecular complexity index is 1550. The zero-order chi connectivity index (χ0) is 22.3. The van der Waals surface area contributed by atoms with E-state index in [0.717, 1.165) is 17.7 Å². The van der Waals surface area contributed by atoms with Gasteiger partial charge in [0.2, 0.25) is 14.9 Å². The number of benzene rings is 3. The van der Waals surface area contributed by atoms with Crippen molar-refractivity contribution in [2.45, 2.75) is 23.3 Å². The van der Waals surface area contributed by atoms with Crippen LogP contribution in [0.1, 0.15) is 12.5 Å². The molecule has 0 bridgehead atoms. The predicted molar refractivity (Wildman–Crippen MR) is 124 cm³/mol. The van der Waals surface area contributed by atoms with Gasteiger partial charge in [-0.3, -0.25) is 0 Å². The monoisotopic (exact) mass is 463 g/mol. The van der Waals surface area contributed by atoms with Crippen LogP contribution in [0.25, 0.3) is 16.6 Å². The quantitative estimate of drug-likeness (QED) is 0.391. The molecular weight excluding hydrogens is 446 g/mol. The number of hydrogen-bond donors (Lipinski definition) is 1.